The van der Waals surface area contributed by atoms with Gasteiger partial charge >= 0.3 is 0 Å². The van der Waals surface area contributed by atoms with Gasteiger partial charge in [0.1, 0.15) is 0 Å². The second-order valence-corrected chi connectivity index (χ2v) is 5.21. The zero-order valence-electron chi connectivity index (χ0n) is 8.68. The maximum Gasteiger partial charge on any atom is 0.0141 e. The highest BCUT2D eigenvalue weighted by Crippen LogP contribution is 2.33. The molecule has 0 bridgehead atoms. The summed E-state index contributed by atoms with van der Waals surface area (Å²) in [6.07, 6.45) is 7.96. The normalized spacial score (nSPS) is 46.6. The summed E-state index contributed by atoms with van der Waals surface area (Å²) < 4.78 is 0. The summed E-state index contributed by atoms with van der Waals surface area (Å²) in [5.74, 6) is 0.853. The van der Waals surface area contributed by atoms with Crippen molar-refractivity contribution in [3.05, 3.63) is 0 Å². The average molecular weight is 182 g/mol. The van der Waals surface area contributed by atoms with Crippen LogP contribution in [-0.4, -0.2) is 18.1 Å². The molecule has 13 heavy (non-hydrogen) atoms. The van der Waals surface area contributed by atoms with Gasteiger partial charge in [0.2, 0.25) is 0 Å². The third-order valence-corrected chi connectivity index (χ3v) is 3.74. The highest BCUT2D eigenvalue weighted by atomic mass is 14.9. The number of hydrogen-bond acceptors (Lipinski definition) is 2. The van der Waals surface area contributed by atoms with Gasteiger partial charge in [-0.05, 0) is 45.1 Å². The van der Waals surface area contributed by atoms with E-state index in [1.165, 1.54) is 32.1 Å². The van der Waals surface area contributed by atoms with Gasteiger partial charge in [0.25, 0.3) is 0 Å². The van der Waals surface area contributed by atoms with Crippen LogP contribution in [0.25, 0.3) is 0 Å². The van der Waals surface area contributed by atoms with Crippen LogP contribution in [0, 0.1) is 5.92 Å². The Morgan fingerprint density at radius 3 is 2.92 bits per heavy atom. The minimum absolute atomic E-state index is 0.0871. The standard InChI is InChI=1S/C11H22N2/c1-11(12)6-7-13-10-5-3-2-4-9(10)8-11/h9-10,13H,2-8,12H2,1H3. The fourth-order valence-corrected chi connectivity index (χ4v) is 2.96. The number of fused-ring (bicyclic) bond motifs is 1. The van der Waals surface area contributed by atoms with E-state index in [1.807, 2.05) is 0 Å². The Bertz CT molecular complexity index is 177. The van der Waals surface area contributed by atoms with Crippen molar-refractivity contribution in [2.24, 2.45) is 11.7 Å². The summed E-state index contributed by atoms with van der Waals surface area (Å²) in [6, 6.07) is 0.777. The van der Waals surface area contributed by atoms with Crippen molar-refractivity contribution in [2.75, 3.05) is 6.54 Å². The molecule has 2 fully saturated rings. The lowest BCUT2D eigenvalue weighted by Gasteiger charge is -2.33. The molecule has 76 valence electrons. The Labute approximate surface area is 81.3 Å². The molecule has 1 aliphatic carbocycles. The molecule has 1 saturated carbocycles. The van der Waals surface area contributed by atoms with Crippen LogP contribution in [0.4, 0.5) is 0 Å². The van der Waals surface area contributed by atoms with Crippen LogP contribution in [0.1, 0.15) is 45.4 Å². The van der Waals surface area contributed by atoms with Crippen LogP contribution < -0.4 is 11.1 Å². The van der Waals surface area contributed by atoms with E-state index in [9.17, 15) is 0 Å². The molecule has 2 aliphatic rings. The molecule has 2 rings (SSSR count). The molecule has 0 spiro atoms. The fourth-order valence-electron chi connectivity index (χ4n) is 2.96. The van der Waals surface area contributed by atoms with Crippen molar-refractivity contribution >= 4 is 0 Å². The lowest BCUT2D eigenvalue weighted by Crippen LogP contribution is -2.40. The number of rotatable bonds is 0. The van der Waals surface area contributed by atoms with Gasteiger partial charge in [-0.3, -0.25) is 0 Å². The molecule has 0 aromatic carbocycles. The Kier molecular flexibility index (Phi) is 2.61. The predicted molar refractivity (Wildman–Crippen MR) is 55.6 cm³/mol. The van der Waals surface area contributed by atoms with Gasteiger partial charge < -0.3 is 11.1 Å². The Morgan fingerprint density at radius 2 is 2.08 bits per heavy atom. The summed E-state index contributed by atoms with van der Waals surface area (Å²) in [5.41, 5.74) is 6.33. The van der Waals surface area contributed by atoms with Gasteiger partial charge in [-0.1, -0.05) is 12.8 Å². The third-order valence-electron chi connectivity index (χ3n) is 3.74. The van der Waals surface area contributed by atoms with Gasteiger partial charge in [0.15, 0.2) is 0 Å². The summed E-state index contributed by atoms with van der Waals surface area (Å²) in [6.45, 7) is 3.33. The molecule has 0 aromatic rings. The van der Waals surface area contributed by atoms with Crippen LogP contribution >= 0.6 is 0 Å². The molecule has 1 heterocycles. The van der Waals surface area contributed by atoms with E-state index >= 15 is 0 Å². The van der Waals surface area contributed by atoms with Crippen molar-refractivity contribution in [2.45, 2.75) is 57.0 Å². The van der Waals surface area contributed by atoms with Crippen molar-refractivity contribution in [1.82, 2.24) is 5.32 Å². The molecular weight excluding hydrogens is 160 g/mol. The first-order chi connectivity index (χ1) is 6.17. The molecule has 0 aromatic heterocycles. The lowest BCUT2D eigenvalue weighted by molar-refractivity contribution is 0.241. The summed E-state index contributed by atoms with van der Waals surface area (Å²) in [5, 5.41) is 3.66. The van der Waals surface area contributed by atoms with Crippen molar-refractivity contribution < 1.29 is 0 Å². The van der Waals surface area contributed by atoms with Crippen LogP contribution in [0.3, 0.4) is 0 Å². The van der Waals surface area contributed by atoms with Crippen molar-refractivity contribution in [1.29, 1.82) is 0 Å². The minimum atomic E-state index is 0.0871. The molecule has 3 unspecified atom stereocenters. The molecular formula is C11H22N2. The maximum atomic E-state index is 6.24. The van der Waals surface area contributed by atoms with E-state index in [-0.39, 0.29) is 5.54 Å². The van der Waals surface area contributed by atoms with Gasteiger partial charge in [-0.25, -0.2) is 0 Å². The first-order valence-electron chi connectivity index (χ1n) is 5.70. The molecule has 2 nitrogen and oxygen atoms in total. The van der Waals surface area contributed by atoms with Crippen molar-refractivity contribution in [3.63, 3.8) is 0 Å². The summed E-state index contributed by atoms with van der Waals surface area (Å²) >= 11 is 0. The fraction of sp³-hybridized carbons (Fsp3) is 1.00. The van der Waals surface area contributed by atoms with Gasteiger partial charge in [0, 0.05) is 11.6 Å². The number of hydrogen-bond donors (Lipinski definition) is 2. The van der Waals surface area contributed by atoms with E-state index in [0.717, 1.165) is 24.9 Å². The van der Waals surface area contributed by atoms with Crippen LogP contribution in [0.15, 0.2) is 0 Å². The van der Waals surface area contributed by atoms with Crippen LogP contribution in [0.2, 0.25) is 0 Å². The van der Waals surface area contributed by atoms with Gasteiger partial charge in [0.05, 0.1) is 0 Å². The zero-order valence-corrected chi connectivity index (χ0v) is 8.68. The largest absolute Gasteiger partial charge is 0.325 e. The first kappa shape index (κ1) is 9.47. The molecule has 0 amide bonds. The smallest absolute Gasteiger partial charge is 0.0141 e. The molecule has 0 radical (unpaired) electrons. The highest BCUT2D eigenvalue weighted by Gasteiger charge is 2.33. The second-order valence-electron chi connectivity index (χ2n) is 5.21. The quantitative estimate of drug-likeness (QED) is 0.598. The maximum absolute atomic E-state index is 6.24. The zero-order chi connectivity index (χ0) is 9.31. The first-order valence-corrected chi connectivity index (χ1v) is 5.70. The van der Waals surface area contributed by atoms with E-state index in [0.29, 0.717) is 0 Å². The van der Waals surface area contributed by atoms with E-state index in [1.54, 1.807) is 0 Å². The Hall–Kier alpha value is -0.0800. The van der Waals surface area contributed by atoms with Crippen LogP contribution in [0.5, 0.6) is 0 Å². The molecule has 1 saturated heterocycles. The second kappa shape index (κ2) is 3.58. The highest BCUT2D eigenvalue weighted by molar-refractivity contribution is 4.92. The summed E-state index contributed by atoms with van der Waals surface area (Å²) in [7, 11) is 0. The van der Waals surface area contributed by atoms with E-state index in [2.05, 4.69) is 12.2 Å². The van der Waals surface area contributed by atoms with Gasteiger partial charge in [-0.15, -0.1) is 0 Å². The van der Waals surface area contributed by atoms with Crippen LogP contribution in [-0.2, 0) is 0 Å². The lowest BCUT2D eigenvalue weighted by atomic mass is 9.78. The average Bonchev–Trinajstić information content (AvgIpc) is 2.21. The Morgan fingerprint density at radius 1 is 1.31 bits per heavy atom. The number of nitrogens with two attached hydrogens (primary N) is 1. The van der Waals surface area contributed by atoms with E-state index in [4.69, 9.17) is 5.73 Å². The predicted octanol–water partition coefficient (Wildman–Crippen LogP) is 1.65. The topological polar surface area (TPSA) is 38.0 Å². The number of nitrogens with one attached hydrogen (secondary N) is 1. The summed E-state index contributed by atoms with van der Waals surface area (Å²) in [4.78, 5) is 0. The molecule has 3 N–H and O–H groups in total. The SMILES string of the molecule is CC1(N)CCNC2CCCCC2C1. The third kappa shape index (κ3) is 2.23. The Balaban J connectivity index is 2.03. The molecule has 2 heteroatoms. The molecule has 1 aliphatic heterocycles. The monoisotopic (exact) mass is 182 g/mol. The molecule has 3 atom stereocenters. The van der Waals surface area contributed by atoms with Gasteiger partial charge in [-0.2, -0.15) is 0 Å². The van der Waals surface area contributed by atoms with E-state index < -0.39 is 0 Å². The minimum Gasteiger partial charge on any atom is -0.325 e. The van der Waals surface area contributed by atoms with Crippen molar-refractivity contribution in [3.8, 4) is 0 Å².